The zero-order valence-electron chi connectivity index (χ0n) is 9.91. The molecular weight excluding hydrogens is 240 g/mol. The van der Waals surface area contributed by atoms with Crippen molar-refractivity contribution in [2.45, 2.75) is 6.42 Å². The number of nitrogens with zero attached hydrogens (tertiary/aromatic N) is 2. The summed E-state index contributed by atoms with van der Waals surface area (Å²) in [4.78, 5) is 17.0. The van der Waals surface area contributed by atoms with Gasteiger partial charge in [0, 0.05) is 20.1 Å². The predicted molar refractivity (Wildman–Crippen MR) is 63.7 cm³/mol. The van der Waals surface area contributed by atoms with Crippen LogP contribution in [0, 0.1) is 11.6 Å². The number of hydrogen-bond acceptors (Lipinski definition) is 2. The Morgan fingerprint density at radius 2 is 2.00 bits per heavy atom. The summed E-state index contributed by atoms with van der Waals surface area (Å²) >= 11 is 0. The van der Waals surface area contributed by atoms with Crippen LogP contribution in [0.4, 0.5) is 14.5 Å². The lowest BCUT2D eigenvalue weighted by Gasteiger charge is -2.17. The normalized spacial score (nSPS) is 18.7. The van der Waals surface area contributed by atoms with Gasteiger partial charge < -0.3 is 10.2 Å². The monoisotopic (exact) mass is 253 g/mol. The number of amidine groups is 1. The molecule has 2 rings (SSSR count). The van der Waals surface area contributed by atoms with Gasteiger partial charge >= 0.3 is 0 Å². The van der Waals surface area contributed by atoms with Gasteiger partial charge in [-0.25, -0.2) is 13.8 Å². The number of halogens is 2. The van der Waals surface area contributed by atoms with Gasteiger partial charge in [-0.3, -0.25) is 4.79 Å². The van der Waals surface area contributed by atoms with E-state index in [2.05, 4.69) is 10.3 Å². The van der Waals surface area contributed by atoms with Gasteiger partial charge in [-0.15, -0.1) is 0 Å². The third-order valence-electron chi connectivity index (χ3n) is 2.71. The maximum Gasteiger partial charge on any atom is 0.227 e. The van der Waals surface area contributed by atoms with Gasteiger partial charge in [-0.1, -0.05) is 6.07 Å². The molecule has 1 amide bonds. The Hall–Kier alpha value is -1.98. The van der Waals surface area contributed by atoms with E-state index < -0.39 is 11.6 Å². The smallest absolute Gasteiger partial charge is 0.227 e. The number of amides is 1. The largest absolute Gasteiger partial charge is 0.361 e. The standard InChI is InChI=1S/C12H13F2N3O/c1-17-6-5-15-11(18)7-10(17)16-12-8(13)3-2-4-9(12)14/h2-4H,5-7H2,1H3,(H,15,18). The fourth-order valence-electron chi connectivity index (χ4n) is 1.68. The van der Waals surface area contributed by atoms with Crippen LogP contribution in [0.2, 0.25) is 0 Å². The SMILES string of the molecule is CN1CCNC(=O)CC1=Nc1c(F)cccc1F. The van der Waals surface area contributed by atoms with Crippen LogP contribution in [0.25, 0.3) is 0 Å². The summed E-state index contributed by atoms with van der Waals surface area (Å²) in [7, 11) is 1.73. The molecule has 0 spiro atoms. The Morgan fingerprint density at radius 3 is 2.67 bits per heavy atom. The van der Waals surface area contributed by atoms with E-state index in [1.54, 1.807) is 11.9 Å². The molecule has 4 nitrogen and oxygen atoms in total. The highest BCUT2D eigenvalue weighted by atomic mass is 19.1. The van der Waals surface area contributed by atoms with Crippen LogP contribution in [-0.4, -0.2) is 36.8 Å². The first-order chi connectivity index (χ1) is 8.58. The van der Waals surface area contributed by atoms with E-state index in [1.807, 2.05) is 0 Å². The maximum atomic E-state index is 13.5. The second kappa shape index (κ2) is 5.12. The van der Waals surface area contributed by atoms with Crippen molar-refractivity contribution in [3.05, 3.63) is 29.8 Å². The van der Waals surface area contributed by atoms with Crippen molar-refractivity contribution >= 4 is 17.4 Å². The van der Waals surface area contributed by atoms with E-state index in [4.69, 9.17) is 0 Å². The fourth-order valence-corrected chi connectivity index (χ4v) is 1.68. The minimum absolute atomic E-state index is 0.0181. The Morgan fingerprint density at radius 1 is 1.33 bits per heavy atom. The van der Waals surface area contributed by atoms with E-state index in [-0.39, 0.29) is 18.0 Å². The molecule has 0 saturated carbocycles. The Bertz CT molecular complexity index is 482. The fraction of sp³-hybridized carbons (Fsp3) is 0.333. The lowest BCUT2D eigenvalue weighted by molar-refractivity contribution is -0.119. The van der Waals surface area contributed by atoms with Crippen molar-refractivity contribution in [1.82, 2.24) is 10.2 Å². The third kappa shape index (κ3) is 2.64. The Kier molecular flexibility index (Phi) is 3.55. The minimum atomic E-state index is -0.736. The molecule has 0 aromatic heterocycles. The summed E-state index contributed by atoms with van der Waals surface area (Å²) in [6.45, 7) is 1.05. The number of rotatable bonds is 1. The Balaban J connectivity index is 2.38. The molecule has 1 aliphatic rings. The minimum Gasteiger partial charge on any atom is -0.361 e. The number of para-hydroxylation sites is 1. The molecule has 0 aliphatic carbocycles. The molecule has 6 heteroatoms. The molecule has 1 aromatic carbocycles. The number of nitrogens with one attached hydrogen (secondary N) is 1. The van der Waals surface area contributed by atoms with Gasteiger partial charge in [0.1, 0.15) is 11.5 Å². The molecule has 1 aliphatic heterocycles. The number of carbonyl (C=O) groups is 1. The molecule has 96 valence electrons. The molecule has 0 bridgehead atoms. The topological polar surface area (TPSA) is 44.7 Å². The van der Waals surface area contributed by atoms with E-state index in [1.165, 1.54) is 6.07 Å². The molecule has 0 atom stereocenters. The van der Waals surface area contributed by atoms with E-state index in [9.17, 15) is 13.6 Å². The molecule has 1 fully saturated rings. The zero-order valence-corrected chi connectivity index (χ0v) is 9.91. The summed E-state index contributed by atoms with van der Waals surface area (Å²) in [5.41, 5.74) is -0.353. The lowest BCUT2D eigenvalue weighted by atomic mass is 10.3. The van der Waals surface area contributed by atoms with Crippen molar-refractivity contribution in [2.24, 2.45) is 4.99 Å². The number of aliphatic imine (C=N–C) groups is 1. The van der Waals surface area contributed by atoms with E-state index in [0.29, 0.717) is 18.9 Å². The van der Waals surface area contributed by atoms with Crippen LogP contribution < -0.4 is 5.32 Å². The number of benzene rings is 1. The number of carbonyl (C=O) groups excluding carboxylic acids is 1. The van der Waals surface area contributed by atoms with Crippen molar-refractivity contribution in [3.8, 4) is 0 Å². The van der Waals surface area contributed by atoms with Gasteiger partial charge in [-0.05, 0) is 12.1 Å². The highest BCUT2D eigenvalue weighted by molar-refractivity contribution is 6.01. The summed E-state index contributed by atoms with van der Waals surface area (Å²) in [5, 5.41) is 2.67. The van der Waals surface area contributed by atoms with Gasteiger partial charge in [0.2, 0.25) is 5.91 Å². The molecule has 18 heavy (non-hydrogen) atoms. The van der Waals surface area contributed by atoms with Crippen molar-refractivity contribution in [2.75, 3.05) is 20.1 Å². The van der Waals surface area contributed by atoms with Crippen LogP contribution in [0.3, 0.4) is 0 Å². The van der Waals surface area contributed by atoms with Crippen LogP contribution in [0.1, 0.15) is 6.42 Å². The van der Waals surface area contributed by atoms with Gasteiger partial charge in [0.15, 0.2) is 11.6 Å². The van der Waals surface area contributed by atoms with Crippen molar-refractivity contribution in [1.29, 1.82) is 0 Å². The molecule has 1 N–H and O–H groups in total. The predicted octanol–water partition coefficient (Wildman–Crippen LogP) is 1.45. The molecular formula is C12H13F2N3O. The van der Waals surface area contributed by atoms with Crippen LogP contribution in [0.5, 0.6) is 0 Å². The lowest BCUT2D eigenvalue weighted by Crippen LogP contribution is -2.28. The second-order valence-corrected chi connectivity index (χ2v) is 4.05. The first-order valence-corrected chi connectivity index (χ1v) is 5.57. The summed E-state index contributed by atoms with van der Waals surface area (Å²) in [6, 6.07) is 3.55. The summed E-state index contributed by atoms with van der Waals surface area (Å²) in [5.74, 6) is -1.31. The quantitative estimate of drug-likeness (QED) is 0.823. The maximum absolute atomic E-state index is 13.5. The van der Waals surface area contributed by atoms with Crippen LogP contribution in [0.15, 0.2) is 23.2 Å². The highest BCUT2D eigenvalue weighted by Crippen LogP contribution is 2.22. The van der Waals surface area contributed by atoms with Crippen LogP contribution in [-0.2, 0) is 4.79 Å². The average Bonchev–Trinajstić information content (AvgIpc) is 2.46. The first-order valence-electron chi connectivity index (χ1n) is 5.57. The molecule has 0 unspecified atom stereocenters. The highest BCUT2D eigenvalue weighted by Gasteiger charge is 2.18. The van der Waals surface area contributed by atoms with Gasteiger partial charge in [0.05, 0.1) is 6.42 Å². The Labute approximate surface area is 103 Å². The van der Waals surface area contributed by atoms with Crippen molar-refractivity contribution in [3.63, 3.8) is 0 Å². The molecule has 1 saturated heterocycles. The summed E-state index contributed by atoms with van der Waals surface area (Å²) in [6.07, 6.45) is 0.0181. The van der Waals surface area contributed by atoms with Gasteiger partial charge in [0.25, 0.3) is 0 Å². The van der Waals surface area contributed by atoms with E-state index >= 15 is 0 Å². The zero-order chi connectivity index (χ0) is 13.1. The van der Waals surface area contributed by atoms with Gasteiger partial charge in [-0.2, -0.15) is 0 Å². The first kappa shape index (κ1) is 12.5. The molecule has 0 radical (unpaired) electrons. The third-order valence-corrected chi connectivity index (χ3v) is 2.71. The number of likely N-dealkylation sites (N-methyl/N-ethyl adjacent to an activating group) is 1. The summed E-state index contributed by atoms with van der Waals surface area (Å²) < 4.78 is 26.9. The van der Waals surface area contributed by atoms with Crippen LogP contribution >= 0.6 is 0 Å². The molecule has 1 aromatic rings. The average molecular weight is 253 g/mol. The van der Waals surface area contributed by atoms with E-state index in [0.717, 1.165) is 12.1 Å². The number of hydrogen-bond donors (Lipinski definition) is 1. The van der Waals surface area contributed by atoms with Crippen molar-refractivity contribution < 1.29 is 13.6 Å². The molecule has 1 heterocycles. The second-order valence-electron chi connectivity index (χ2n) is 4.05.